The summed E-state index contributed by atoms with van der Waals surface area (Å²) in [6.45, 7) is 0.619. The lowest BCUT2D eigenvalue weighted by atomic mass is 10.1. The van der Waals surface area contributed by atoms with E-state index in [9.17, 15) is 17.6 Å². The number of hydrogen-bond donors (Lipinski definition) is 1. The van der Waals surface area contributed by atoms with Crippen molar-refractivity contribution in [3.8, 4) is 0 Å². The third kappa shape index (κ3) is 3.61. The van der Waals surface area contributed by atoms with Crippen LogP contribution in [0.25, 0.3) is 0 Å². The second-order valence-electron chi connectivity index (χ2n) is 7.25. The summed E-state index contributed by atoms with van der Waals surface area (Å²) >= 11 is 5.70. The monoisotopic (exact) mass is 422 g/mol. The molecule has 4 rings (SSSR count). The molecule has 8 heteroatoms. The third-order valence-electron chi connectivity index (χ3n) is 5.40. The molecule has 1 aliphatic carbocycles. The quantitative estimate of drug-likeness (QED) is 0.796. The maximum absolute atomic E-state index is 13.3. The first-order valence-corrected chi connectivity index (χ1v) is 11.1. The van der Waals surface area contributed by atoms with E-state index >= 15 is 0 Å². The summed E-state index contributed by atoms with van der Waals surface area (Å²) in [5.41, 5.74) is 2.14. The van der Waals surface area contributed by atoms with Gasteiger partial charge in [-0.3, -0.25) is 9.52 Å². The molecule has 1 aliphatic heterocycles. The minimum Gasteiger partial charge on any atom is -0.312 e. The van der Waals surface area contributed by atoms with Crippen molar-refractivity contribution in [2.45, 2.75) is 37.0 Å². The number of anilines is 2. The third-order valence-corrected chi connectivity index (χ3v) is 7.07. The molecule has 1 amide bonds. The van der Waals surface area contributed by atoms with E-state index in [-0.39, 0.29) is 21.7 Å². The average Bonchev–Trinajstić information content (AvgIpc) is 3.32. The molecular weight excluding hydrogens is 403 g/mol. The Balaban J connectivity index is 1.59. The molecule has 1 saturated carbocycles. The van der Waals surface area contributed by atoms with Crippen LogP contribution >= 0.6 is 11.6 Å². The summed E-state index contributed by atoms with van der Waals surface area (Å²) in [4.78, 5) is 14.5. The molecule has 0 bridgehead atoms. The van der Waals surface area contributed by atoms with Crippen LogP contribution in [0.5, 0.6) is 0 Å². The predicted octanol–water partition coefficient (Wildman–Crippen LogP) is 4.36. The Morgan fingerprint density at radius 2 is 1.89 bits per heavy atom. The number of amides is 1. The zero-order valence-electron chi connectivity index (χ0n) is 15.1. The molecule has 0 spiro atoms. The van der Waals surface area contributed by atoms with Crippen LogP contribution in [0.1, 0.15) is 31.2 Å². The zero-order valence-corrected chi connectivity index (χ0v) is 16.7. The molecule has 28 heavy (non-hydrogen) atoms. The molecule has 1 N–H and O–H groups in total. The van der Waals surface area contributed by atoms with Crippen molar-refractivity contribution in [1.29, 1.82) is 0 Å². The van der Waals surface area contributed by atoms with E-state index in [4.69, 9.17) is 11.6 Å². The van der Waals surface area contributed by atoms with Crippen molar-refractivity contribution in [2.75, 3.05) is 16.2 Å². The van der Waals surface area contributed by atoms with Crippen LogP contribution in [0.15, 0.2) is 41.3 Å². The van der Waals surface area contributed by atoms with Crippen LogP contribution in [-0.4, -0.2) is 20.9 Å². The Kier molecular flexibility index (Phi) is 5.05. The summed E-state index contributed by atoms with van der Waals surface area (Å²) in [5, 5.41) is -0.259. The highest BCUT2D eigenvalue weighted by Gasteiger charge is 2.32. The van der Waals surface area contributed by atoms with E-state index in [2.05, 4.69) is 4.72 Å². The molecule has 2 aromatic rings. The number of halogens is 2. The van der Waals surface area contributed by atoms with E-state index < -0.39 is 15.8 Å². The van der Waals surface area contributed by atoms with Crippen LogP contribution in [-0.2, 0) is 21.2 Å². The van der Waals surface area contributed by atoms with Gasteiger partial charge in [-0.15, -0.1) is 0 Å². The van der Waals surface area contributed by atoms with Crippen LogP contribution in [0.2, 0.25) is 5.02 Å². The summed E-state index contributed by atoms with van der Waals surface area (Å²) < 4.78 is 41.1. The number of rotatable bonds is 4. The fourth-order valence-electron chi connectivity index (χ4n) is 3.92. The molecule has 0 aromatic heterocycles. The van der Waals surface area contributed by atoms with Crippen LogP contribution in [0.3, 0.4) is 0 Å². The van der Waals surface area contributed by atoms with Crippen molar-refractivity contribution in [1.82, 2.24) is 0 Å². The van der Waals surface area contributed by atoms with Crippen LogP contribution < -0.4 is 9.62 Å². The number of nitrogens with one attached hydrogen (secondary N) is 1. The number of hydrogen-bond acceptors (Lipinski definition) is 3. The molecular formula is C20H20ClFN2O3S. The second-order valence-corrected chi connectivity index (χ2v) is 9.34. The van der Waals surface area contributed by atoms with Crippen molar-refractivity contribution in [3.05, 3.63) is 52.8 Å². The van der Waals surface area contributed by atoms with Gasteiger partial charge in [0.05, 0.1) is 15.6 Å². The number of sulfonamides is 1. The molecule has 0 unspecified atom stereocenters. The average molecular weight is 423 g/mol. The van der Waals surface area contributed by atoms with E-state index in [0.29, 0.717) is 12.2 Å². The fraction of sp³-hybridized carbons (Fsp3) is 0.350. The Labute approximate surface area is 168 Å². The van der Waals surface area contributed by atoms with Crippen LogP contribution in [0, 0.1) is 11.7 Å². The van der Waals surface area contributed by atoms with Gasteiger partial charge in [-0.25, -0.2) is 12.8 Å². The van der Waals surface area contributed by atoms with Crippen LogP contribution in [0.4, 0.5) is 15.8 Å². The minimum absolute atomic E-state index is 0.0626. The SMILES string of the molecule is O=C(C1CCCC1)N1CCc2ccc(NS(=O)(=O)c3ccc(F)c(Cl)c3)cc21. The second kappa shape index (κ2) is 7.37. The molecule has 0 atom stereocenters. The normalized spacial score (nSPS) is 17.0. The lowest BCUT2D eigenvalue weighted by Crippen LogP contribution is -2.33. The first-order valence-electron chi connectivity index (χ1n) is 9.27. The fourth-order valence-corrected chi connectivity index (χ4v) is 5.24. The van der Waals surface area contributed by atoms with E-state index in [1.807, 2.05) is 6.07 Å². The Morgan fingerprint density at radius 1 is 1.14 bits per heavy atom. The molecule has 1 fully saturated rings. The summed E-state index contributed by atoms with van der Waals surface area (Å²) in [6.07, 6.45) is 4.76. The smallest absolute Gasteiger partial charge is 0.261 e. The van der Waals surface area contributed by atoms with Crippen molar-refractivity contribution in [2.24, 2.45) is 5.92 Å². The molecule has 0 radical (unpaired) electrons. The first-order chi connectivity index (χ1) is 13.3. The van der Waals surface area contributed by atoms with Gasteiger partial charge in [0.1, 0.15) is 5.82 Å². The topological polar surface area (TPSA) is 66.5 Å². The maximum Gasteiger partial charge on any atom is 0.261 e. The molecule has 2 aromatic carbocycles. The number of benzene rings is 2. The van der Waals surface area contributed by atoms with Gasteiger partial charge in [0.25, 0.3) is 10.0 Å². The van der Waals surface area contributed by atoms with E-state index in [0.717, 1.165) is 61.6 Å². The van der Waals surface area contributed by atoms with Gasteiger partial charge in [-0.05, 0) is 55.2 Å². The van der Waals surface area contributed by atoms with Crippen molar-refractivity contribution >= 4 is 38.9 Å². The number of nitrogens with zero attached hydrogens (tertiary/aromatic N) is 1. The summed E-state index contributed by atoms with van der Waals surface area (Å²) in [5.74, 6) is -0.492. The number of carbonyl (C=O) groups is 1. The largest absolute Gasteiger partial charge is 0.312 e. The highest BCUT2D eigenvalue weighted by Crippen LogP contribution is 2.35. The molecule has 5 nitrogen and oxygen atoms in total. The molecule has 2 aliphatic rings. The Hall–Kier alpha value is -2.12. The lowest BCUT2D eigenvalue weighted by Gasteiger charge is -2.22. The van der Waals surface area contributed by atoms with Gasteiger partial charge in [-0.1, -0.05) is 30.5 Å². The number of carbonyl (C=O) groups excluding carboxylic acids is 1. The highest BCUT2D eigenvalue weighted by atomic mass is 35.5. The van der Waals surface area contributed by atoms with Crippen molar-refractivity contribution < 1.29 is 17.6 Å². The van der Waals surface area contributed by atoms with E-state index in [1.54, 1.807) is 17.0 Å². The van der Waals surface area contributed by atoms with Gasteiger partial charge >= 0.3 is 0 Å². The zero-order chi connectivity index (χ0) is 19.9. The standard InChI is InChI=1S/C20H20ClFN2O3S/c21-17-12-16(7-8-18(17)22)28(26,27)23-15-6-5-13-9-10-24(19(13)11-15)20(25)14-3-1-2-4-14/h5-8,11-12,14,23H,1-4,9-10H2. The van der Waals surface area contributed by atoms with Gasteiger partial charge < -0.3 is 4.90 Å². The summed E-state index contributed by atoms with van der Waals surface area (Å²) in [7, 11) is -3.93. The van der Waals surface area contributed by atoms with Gasteiger partial charge in [0, 0.05) is 18.2 Å². The highest BCUT2D eigenvalue weighted by molar-refractivity contribution is 7.92. The van der Waals surface area contributed by atoms with Crippen molar-refractivity contribution in [3.63, 3.8) is 0 Å². The van der Waals surface area contributed by atoms with E-state index in [1.165, 1.54) is 0 Å². The molecule has 0 saturated heterocycles. The Morgan fingerprint density at radius 3 is 2.61 bits per heavy atom. The molecule has 148 valence electrons. The molecule has 1 heterocycles. The van der Waals surface area contributed by atoms with Gasteiger partial charge in [0.2, 0.25) is 5.91 Å². The number of fused-ring (bicyclic) bond motifs is 1. The predicted molar refractivity (Wildman–Crippen MR) is 107 cm³/mol. The lowest BCUT2D eigenvalue weighted by molar-refractivity contribution is -0.122. The maximum atomic E-state index is 13.3. The summed E-state index contributed by atoms with van der Waals surface area (Å²) in [6, 6.07) is 8.45. The minimum atomic E-state index is -3.93. The van der Waals surface area contributed by atoms with Gasteiger partial charge in [-0.2, -0.15) is 0 Å². The van der Waals surface area contributed by atoms with Gasteiger partial charge in [0.15, 0.2) is 0 Å². The first kappa shape index (κ1) is 19.2. The Bertz CT molecular complexity index is 1040.